The average molecular weight is 350 g/mol. The van der Waals surface area contributed by atoms with Crippen molar-refractivity contribution < 1.29 is 9.90 Å². The Balaban J connectivity index is 1.99. The van der Waals surface area contributed by atoms with Crippen LogP contribution in [0.3, 0.4) is 0 Å². The van der Waals surface area contributed by atoms with Crippen LogP contribution in [0.2, 0.25) is 0 Å². The van der Waals surface area contributed by atoms with Crippen molar-refractivity contribution in [1.82, 2.24) is 5.01 Å². The van der Waals surface area contributed by atoms with E-state index in [1.54, 1.807) is 17.1 Å². The molecular weight excluding hydrogens is 324 g/mol. The summed E-state index contributed by atoms with van der Waals surface area (Å²) in [5, 5.41) is 16.5. The van der Waals surface area contributed by atoms with Gasteiger partial charge in [0.2, 0.25) is 5.91 Å². The first-order valence-corrected chi connectivity index (χ1v) is 9.30. The molecule has 0 saturated heterocycles. The van der Waals surface area contributed by atoms with Crippen LogP contribution in [0.25, 0.3) is 0 Å². The van der Waals surface area contributed by atoms with E-state index in [2.05, 4.69) is 36.3 Å². The van der Waals surface area contributed by atoms with Crippen LogP contribution >= 0.6 is 0 Å². The Hall–Kier alpha value is -2.62. The van der Waals surface area contributed by atoms with E-state index in [1.807, 2.05) is 26.0 Å². The number of benzene rings is 2. The third-order valence-corrected chi connectivity index (χ3v) is 5.15. The third kappa shape index (κ3) is 3.50. The lowest BCUT2D eigenvalue weighted by Gasteiger charge is -2.25. The molecule has 0 saturated carbocycles. The van der Waals surface area contributed by atoms with Crippen molar-refractivity contribution in [3.05, 3.63) is 65.2 Å². The minimum absolute atomic E-state index is 0.0320. The zero-order valence-corrected chi connectivity index (χ0v) is 15.6. The molecule has 1 aliphatic heterocycles. The van der Waals surface area contributed by atoms with Gasteiger partial charge in [0.15, 0.2) is 0 Å². The highest BCUT2D eigenvalue weighted by Crippen LogP contribution is 2.36. The molecule has 4 nitrogen and oxygen atoms in total. The number of hydrogen-bond acceptors (Lipinski definition) is 3. The molecule has 2 aromatic carbocycles. The third-order valence-electron chi connectivity index (χ3n) is 5.15. The summed E-state index contributed by atoms with van der Waals surface area (Å²) in [5.41, 5.74) is 3.72. The van der Waals surface area contributed by atoms with Crippen molar-refractivity contribution in [2.45, 2.75) is 46.1 Å². The van der Waals surface area contributed by atoms with Gasteiger partial charge in [0.1, 0.15) is 5.75 Å². The number of hydrogen-bond donors (Lipinski definition) is 1. The number of phenolic OH excluding ortho intramolecular Hbond substituents is 1. The summed E-state index contributed by atoms with van der Waals surface area (Å²) < 4.78 is 0. The number of carbonyl (C=O) groups is 1. The summed E-state index contributed by atoms with van der Waals surface area (Å²) in [6.07, 6.45) is 2.20. The Morgan fingerprint density at radius 3 is 2.42 bits per heavy atom. The average Bonchev–Trinajstić information content (AvgIpc) is 3.08. The summed E-state index contributed by atoms with van der Waals surface area (Å²) >= 11 is 0. The Bertz CT molecular complexity index is 807. The van der Waals surface area contributed by atoms with E-state index in [4.69, 9.17) is 0 Å². The second-order valence-corrected chi connectivity index (χ2v) is 6.89. The van der Waals surface area contributed by atoms with E-state index in [1.165, 1.54) is 5.56 Å². The summed E-state index contributed by atoms with van der Waals surface area (Å²) in [6.45, 7) is 6.13. The molecule has 1 amide bonds. The molecule has 0 bridgehead atoms. The van der Waals surface area contributed by atoms with Crippen molar-refractivity contribution in [2.75, 3.05) is 0 Å². The highest BCUT2D eigenvalue weighted by molar-refractivity contribution is 6.05. The zero-order chi connectivity index (χ0) is 18.7. The van der Waals surface area contributed by atoms with Gasteiger partial charge < -0.3 is 5.11 Å². The molecule has 3 rings (SSSR count). The van der Waals surface area contributed by atoms with E-state index in [9.17, 15) is 9.90 Å². The molecule has 0 aliphatic carbocycles. The topological polar surface area (TPSA) is 52.9 Å². The fourth-order valence-corrected chi connectivity index (χ4v) is 3.47. The lowest BCUT2D eigenvalue weighted by atomic mass is 9.96. The number of carbonyl (C=O) groups excluding carboxylic acids is 1. The minimum Gasteiger partial charge on any atom is -0.507 e. The predicted molar refractivity (Wildman–Crippen MR) is 104 cm³/mol. The number of para-hydroxylation sites is 1. The van der Waals surface area contributed by atoms with Gasteiger partial charge in [-0.25, -0.2) is 5.01 Å². The Morgan fingerprint density at radius 2 is 1.81 bits per heavy atom. The van der Waals surface area contributed by atoms with Crippen molar-refractivity contribution in [3.63, 3.8) is 0 Å². The van der Waals surface area contributed by atoms with Crippen LogP contribution < -0.4 is 0 Å². The standard InChI is InChI=1S/C22H26N2O2/c1-4-16(5-2)22(26)24-20(17-12-10-15(3)11-13-17)14-19(23-24)18-8-6-7-9-21(18)25/h6-13,16,20,25H,4-5,14H2,1-3H3. The van der Waals surface area contributed by atoms with Crippen LogP contribution in [0.15, 0.2) is 53.6 Å². The number of phenols is 1. The smallest absolute Gasteiger partial charge is 0.246 e. The maximum Gasteiger partial charge on any atom is 0.246 e. The van der Waals surface area contributed by atoms with Crippen LogP contribution in [0, 0.1) is 12.8 Å². The SMILES string of the molecule is CCC(CC)C(=O)N1N=C(c2ccccc2O)CC1c1ccc(C)cc1. The molecule has 136 valence electrons. The van der Waals surface area contributed by atoms with Gasteiger partial charge in [-0.15, -0.1) is 0 Å². The quantitative estimate of drug-likeness (QED) is 0.841. The molecule has 1 unspecified atom stereocenters. The fraction of sp³-hybridized carbons (Fsp3) is 0.364. The number of amides is 1. The van der Waals surface area contributed by atoms with Crippen LogP contribution in [0.5, 0.6) is 5.75 Å². The van der Waals surface area contributed by atoms with E-state index in [0.29, 0.717) is 12.0 Å². The second kappa shape index (κ2) is 7.73. The molecule has 4 heteroatoms. The van der Waals surface area contributed by atoms with Gasteiger partial charge in [-0.1, -0.05) is 55.8 Å². The Kier molecular flexibility index (Phi) is 5.40. The molecular formula is C22H26N2O2. The van der Waals surface area contributed by atoms with Gasteiger partial charge >= 0.3 is 0 Å². The van der Waals surface area contributed by atoms with Crippen molar-refractivity contribution >= 4 is 11.6 Å². The normalized spacial score (nSPS) is 16.8. The molecule has 1 atom stereocenters. The van der Waals surface area contributed by atoms with Crippen molar-refractivity contribution in [3.8, 4) is 5.75 Å². The summed E-state index contributed by atoms with van der Waals surface area (Å²) in [6, 6.07) is 15.3. The lowest BCUT2D eigenvalue weighted by molar-refractivity contribution is -0.137. The second-order valence-electron chi connectivity index (χ2n) is 6.89. The first-order chi connectivity index (χ1) is 12.5. The van der Waals surface area contributed by atoms with Gasteiger partial charge in [-0.2, -0.15) is 5.10 Å². The van der Waals surface area contributed by atoms with E-state index in [-0.39, 0.29) is 23.6 Å². The maximum absolute atomic E-state index is 13.1. The first-order valence-electron chi connectivity index (χ1n) is 9.30. The molecule has 0 aromatic heterocycles. The van der Waals surface area contributed by atoms with Gasteiger partial charge in [0.25, 0.3) is 0 Å². The van der Waals surface area contributed by atoms with Crippen LogP contribution in [0.1, 0.15) is 55.8 Å². The predicted octanol–water partition coefficient (Wildman–Crippen LogP) is 4.81. The van der Waals surface area contributed by atoms with Gasteiger partial charge in [0.05, 0.1) is 11.8 Å². The molecule has 2 aromatic rings. The van der Waals surface area contributed by atoms with Gasteiger partial charge in [-0.3, -0.25) is 4.79 Å². The summed E-state index contributed by atoms with van der Waals surface area (Å²) in [5.74, 6) is 0.229. The minimum atomic E-state index is -0.127. The molecule has 1 N–H and O–H groups in total. The lowest BCUT2D eigenvalue weighted by Crippen LogP contribution is -2.32. The number of aromatic hydroxyl groups is 1. The van der Waals surface area contributed by atoms with Crippen molar-refractivity contribution in [1.29, 1.82) is 0 Å². The Morgan fingerprint density at radius 1 is 1.15 bits per heavy atom. The molecule has 1 aliphatic rings. The van der Waals surface area contributed by atoms with Crippen LogP contribution in [0.4, 0.5) is 0 Å². The van der Waals surface area contributed by atoms with Crippen LogP contribution in [-0.2, 0) is 4.79 Å². The summed E-state index contributed by atoms with van der Waals surface area (Å²) in [7, 11) is 0. The highest BCUT2D eigenvalue weighted by atomic mass is 16.3. The van der Waals surface area contributed by atoms with Gasteiger partial charge in [0, 0.05) is 17.9 Å². The van der Waals surface area contributed by atoms with Crippen LogP contribution in [-0.4, -0.2) is 21.7 Å². The Labute approximate surface area is 155 Å². The number of rotatable bonds is 5. The van der Waals surface area contributed by atoms with E-state index in [0.717, 1.165) is 24.1 Å². The maximum atomic E-state index is 13.1. The molecule has 1 heterocycles. The van der Waals surface area contributed by atoms with Crippen molar-refractivity contribution in [2.24, 2.45) is 11.0 Å². The molecule has 0 radical (unpaired) electrons. The summed E-state index contributed by atoms with van der Waals surface area (Å²) in [4.78, 5) is 13.1. The number of aryl methyl sites for hydroxylation is 1. The number of hydrazone groups is 1. The number of nitrogens with zero attached hydrogens (tertiary/aromatic N) is 2. The van der Waals surface area contributed by atoms with Gasteiger partial charge in [-0.05, 0) is 37.5 Å². The molecule has 26 heavy (non-hydrogen) atoms. The fourth-order valence-electron chi connectivity index (χ4n) is 3.47. The largest absolute Gasteiger partial charge is 0.507 e. The zero-order valence-electron chi connectivity index (χ0n) is 15.6. The van der Waals surface area contributed by atoms with E-state index >= 15 is 0 Å². The molecule has 0 spiro atoms. The van der Waals surface area contributed by atoms with E-state index < -0.39 is 0 Å². The highest BCUT2D eigenvalue weighted by Gasteiger charge is 2.35. The monoisotopic (exact) mass is 350 g/mol. The molecule has 0 fully saturated rings. The first kappa shape index (κ1) is 18.2.